The summed E-state index contributed by atoms with van der Waals surface area (Å²) in [6.07, 6.45) is 0.113. The van der Waals surface area contributed by atoms with E-state index in [4.69, 9.17) is 10.5 Å². The van der Waals surface area contributed by atoms with Gasteiger partial charge in [0.2, 0.25) is 0 Å². The zero-order valence-electron chi connectivity index (χ0n) is 12.5. The van der Waals surface area contributed by atoms with E-state index in [0.29, 0.717) is 24.7 Å². The lowest BCUT2D eigenvalue weighted by molar-refractivity contribution is -0.138. The molecule has 3 atom stereocenters. The number of hydrazine groups is 1. The molecule has 8 heteroatoms. The quantitative estimate of drug-likeness (QED) is 0.472. The molecule has 0 radical (unpaired) electrons. The normalized spacial score (nSPS) is 21.1. The summed E-state index contributed by atoms with van der Waals surface area (Å²) in [5.74, 6) is -0.341. The molecule has 1 saturated heterocycles. The summed E-state index contributed by atoms with van der Waals surface area (Å²) < 4.78 is 5.18. The molecule has 0 bridgehead atoms. The lowest BCUT2D eigenvalue weighted by Crippen LogP contribution is -2.53. The Hall–Kier alpha value is -0.830. The number of carbonyl (C=O) groups excluding carboxylic acids is 2. The minimum Gasteiger partial charge on any atom is -0.382 e. The highest BCUT2D eigenvalue weighted by Crippen LogP contribution is 2.12. The smallest absolute Gasteiger partial charge is 0.268 e. The Kier molecular flexibility index (Phi) is 8.02. The SMILES string of the molecule is CC(C)SCC[C@@H](N)C(O)C(=O)NNC(=O)C1CCCO1. The maximum atomic E-state index is 11.7. The summed E-state index contributed by atoms with van der Waals surface area (Å²) in [4.78, 5) is 23.3. The van der Waals surface area contributed by atoms with Crippen LogP contribution in [0.25, 0.3) is 0 Å². The molecule has 2 unspecified atom stereocenters. The Labute approximate surface area is 129 Å². The second-order valence-corrected chi connectivity index (χ2v) is 6.98. The molecule has 1 aliphatic rings. The number of aliphatic hydroxyl groups is 1. The van der Waals surface area contributed by atoms with Crippen LogP contribution in [-0.4, -0.2) is 52.8 Å². The van der Waals surface area contributed by atoms with E-state index >= 15 is 0 Å². The number of nitrogens with one attached hydrogen (secondary N) is 2. The molecule has 5 N–H and O–H groups in total. The molecule has 7 nitrogen and oxygen atoms in total. The van der Waals surface area contributed by atoms with E-state index in [1.807, 2.05) is 0 Å². The minimum absolute atomic E-state index is 0.406. The Bertz CT molecular complexity index is 348. The van der Waals surface area contributed by atoms with Crippen LogP contribution >= 0.6 is 11.8 Å². The third kappa shape index (κ3) is 6.64. The predicted octanol–water partition coefficient (Wildman–Crippen LogP) is -0.467. The van der Waals surface area contributed by atoms with E-state index in [2.05, 4.69) is 24.7 Å². The van der Waals surface area contributed by atoms with Gasteiger partial charge in [-0.1, -0.05) is 13.8 Å². The van der Waals surface area contributed by atoms with Crippen LogP contribution in [0, 0.1) is 0 Å². The standard InChI is InChI=1S/C13H25N3O4S/c1-8(2)21-7-5-9(14)11(17)13(19)16-15-12(18)10-4-3-6-20-10/h8-11,17H,3-7,14H2,1-2H3,(H,15,18)(H,16,19)/t9-,10?,11?/m1/s1. The van der Waals surface area contributed by atoms with Gasteiger partial charge >= 0.3 is 0 Å². The highest BCUT2D eigenvalue weighted by Gasteiger charge is 2.26. The van der Waals surface area contributed by atoms with Gasteiger partial charge in [0, 0.05) is 12.6 Å². The molecular weight excluding hydrogens is 294 g/mol. The fourth-order valence-electron chi connectivity index (χ4n) is 1.85. The maximum Gasteiger partial charge on any atom is 0.268 e. The van der Waals surface area contributed by atoms with Crippen LogP contribution in [-0.2, 0) is 14.3 Å². The summed E-state index contributed by atoms with van der Waals surface area (Å²) >= 11 is 1.71. The summed E-state index contributed by atoms with van der Waals surface area (Å²) in [6.45, 7) is 4.69. The number of thioether (sulfide) groups is 1. The van der Waals surface area contributed by atoms with Crippen LogP contribution in [0.5, 0.6) is 0 Å². The van der Waals surface area contributed by atoms with Gasteiger partial charge in [0.1, 0.15) is 12.2 Å². The van der Waals surface area contributed by atoms with Crippen LogP contribution in [0.2, 0.25) is 0 Å². The first-order chi connectivity index (χ1) is 9.91. The van der Waals surface area contributed by atoms with Gasteiger partial charge in [0.05, 0.1) is 0 Å². The van der Waals surface area contributed by atoms with Crippen LogP contribution < -0.4 is 16.6 Å². The Morgan fingerprint density at radius 2 is 2.14 bits per heavy atom. The van der Waals surface area contributed by atoms with E-state index in [0.717, 1.165) is 12.2 Å². The number of ether oxygens (including phenoxy) is 1. The third-order valence-corrected chi connectivity index (χ3v) is 4.25. The summed E-state index contributed by atoms with van der Waals surface area (Å²) in [5.41, 5.74) is 10.2. The molecule has 1 heterocycles. The number of hydrogen-bond acceptors (Lipinski definition) is 6. The highest BCUT2D eigenvalue weighted by molar-refractivity contribution is 7.99. The van der Waals surface area contributed by atoms with Crippen molar-refractivity contribution >= 4 is 23.6 Å². The molecule has 0 aromatic carbocycles. The number of carbonyl (C=O) groups is 2. The van der Waals surface area contributed by atoms with Crippen molar-refractivity contribution in [2.75, 3.05) is 12.4 Å². The van der Waals surface area contributed by atoms with Crippen molar-refractivity contribution in [3.63, 3.8) is 0 Å². The van der Waals surface area contributed by atoms with Crippen molar-refractivity contribution in [2.24, 2.45) is 5.73 Å². The Morgan fingerprint density at radius 3 is 2.71 bits per heavy atom. The highest BCUT2D eigenvalue weighted by atomic mass is 32.2. The van der Waals surface area contributed by atoms with E-state index in [-0.39, 0.29) is 0 Å². The molecule has 0 aromatic rings. The van der Waals surface area contributed by atoms with E-state index < -0.39 is 30.1 Å². The van der Waals surface area contributed by atoms with E-state index in [9.17, 15) is 14.7 Å². The molecule has 1 rings (SSSR count). The van der Waals surface area contributed by atoms with Crippen LogP contribution in [0.3, 0.4) is 0 Å². The summed E-state index contributed by atoms with van der Waals surface area (Å²) in [6, 6.07) is -0.657. The monoisotopic (exact) mass is 319 g/mol. The van der Waals surface area contributed by atoms with E-state index in [1.165, 1.54) is 0 Å². The molecule has 0 saturated carbocycles. The van der Waals surface area contributed by atoms with Crippen LogP contribution in [0.15, 0.2) is 0 Å². The molecular formula is C13H25N3O4S. The van der Waals surface area contributed by atoms with Crippen molar-refractivity contribution in [2.45, 2.75) is 56.6 Å². The lowest BCUT2D eigenvalue weighted by Gasteiger charge is -2.19. The van der Waals surface area contributed by atoms with Gasteiger partial charge in [-0.15, -0.1) is 0 Å². The van der Waals surface area contributed by atoms with Gasteiger partial charge in [0.25, 0.3) is 11.8 Å². The van der Waals surface area contributed by atoms with Gasteiger partial charge in [-0.25, -0.2) is 0 Å². The summed E-state index contributed by atoms with van der Waals surface area (Å²) in [7, 11) is 0. The van der Waals surface area contributed by atoms with Crippen molar-refractivity contribution in [3.05, 3.63) is 0 Å². The molecule has 1 aliphatic heterocycles. The second-order valence-electron chi connectivity index (χ2n) is 5.30. The molecule has 0 spiro atoms. The zero-order chi connectivity index (χ0) is 15.8. The van der Waals surface area contributed by atoms with Crippen LogP contribution in [0.4, 0.5) is 0 Å². The number of hydrogen-bond donors (Lipinski definition) is 4. The first kappa shape index (κ1) is 18.2. The molecule has 2 amide bonds. The van der Waals surface area contributed by atoms with Crippen LogP contribution in [0.1, 0.15) is 33.1 Å². The summed E-state index contributed by atoms with van der Waals surface area (Å²) in [5, 5.41) is 10.3. The zero-order valence-corrected chi connectivity index (χ0v) is 13.3. The molecule has 0 aliphatic carbocycles. The number of amides is 2. The molecule has 1 fully saturated rings. The van der Waals surface area contributed by atoms with Gasteiger partial charge < -0.3 is 15.6 Å². The van der Waals surface area contributed by atoms with Crippen molar-refractivity contribution < 1.29 is 19.4 Å². The number of nitrogens with two attached hydrogens (primary N) is 1. The van der Waals surface area contributed by atoms with Crippen molar-refractivity contribution in [1.82, 2.24) is 10.9 Å². The number of rotatable bonds is 7. The molecule has 21 heavy (non-hydrogen) atoms. The Morgan fingerprint density at radius 1 is 1.43 bits per heavy atom. The van der Waals surface area contributed by atoms with Gasteiger partial charge in [-0.2, -0.15) is 11.8 Å². The molecule has 0 aromatic heterocycles. The van der Waals surface area contributed by atoms with Gasteiger partial charge in [-0.05, 0) is 30.3 Å². The van der Waals surface area contributed by atoms with Crippen molar-refractivity contribution in [3.8, 4) is 0 Å². The fraction of sp³-hybridized carbons (Fsp3) is 0.846. The first-order valence-electron chi connectivity index (χ1n) is 7.18. The van der Waals surface area contributed by atoms with Gasteiger partial charge in [-0.3, -0.25) is 20.4 Å². The maximum absolute atomic E-state index is 11.7. The lowest BCUT2D eigenvalue weighted by atomic mass is 10.1. The molecule has 122 valence electrons. The minimum atomic E-state index is -1.34. The largest absolute Gasteiger partial charge is 0.382 e. The average Bonchev–Trinajstić information content (AvgIpc) is 2.97. The number of aliphatic hydroxyl groups excluding tert-OH is 1. The Balaban J connectivity index is 2.24. The predicted molar refractivity (Wildman–Crippen MR) is 81.5 cm³/mol. The van der Waals surface area contributed by atoms with E-state index in [1.54, 1.807) is 11.8 Å². The average molecular weight is 319 g/mol. The van der Waals surface area contributed by atoms with Crippen molar-refractivity contribution in [1.29, 1.82) is 0 Å². The second kappa shape index (κ2) is 9.24. The third-order valence-electron chi connectivity index (χ3n) is 3.11. The fourth-order valence-corrected chi connectivity index (χ4v) is 2.73. The van der Waals surface area contributed by atoms with Gasteiger partial charge in [0.15, 0.2) is 0 Å². The first-order valence-corrected chi connectivity index (χ1v) is 8.23. The topological polar surface area (TPSA) is 114 Å².